The Hall–Kier alpha value is -5.86. The predicted molar refractivity (Wildman–Crippen MR) is 360 cm³/mol. The van der Waals surface area contributed by atoms with Crippen LogP contribution < -0.4 is 21.3 Å². The molecule has 26 heteroatoms. The van der Waals surface area contributed by atoms with E-state index in [1.807, 2.05) is 60.5 Å². The number of carbonyl (C=O) groups is 11. The zero-order valence-corrected chi connectivity index (χ0v) is 61.4. The third-order valence-corrected chi connectivity index (χ3v) is 18.3. The molecule has 1 aliphatic rings. The lowest BCUT2D eigenvalue weighted by Crippen LogP contribution is -2.64. The van der Waals surface area contributed by atoms with E-state index in [0.29, 0.717) is 12.3 Å². The monoisotopic (exact) mass is 1320 g/mol. The van der Waals surface area contributed by atoms with Crippen molar-refractivity contribution < 1.29 is 63.0 Å². The molecule has 92 heavy (non-hydrogen) atoms. The van der Waals surface area contributed by atoms with Crippen molar-refractivity contribution in [2.45, 2.75) is 234 Å². The molecule has 13 atom stereocenters. The largest absolute Gasteiger partial charge is 0.390 e. The van der Waals surface area contributed by atoms with Gasteiger partial charge < -0.3 is 70.7 Å². The molecule has 6 N–H and O–H groups in total. The van der Waals surface area contributed by atoms with Crippen LogP contribution in [0.25, 0.3) is 0 Å². The average molecular weight is 1320 g/mol. The SMILES string of the molecule is C/C=C/C[C@@H](C)[C@@H](O)[C@H]1C(=O)N[C@@H](CC)C(=O)N(C)[C@H](SCCN(C)C)C(=O)N(C)[C@@H](CC(C)(C)O)C(=O)N[C@@H](C(C)C)C(=O)N(C)C(CC(C)C)C(=O)N[C@@H](C)C(=O)N[C@H](C)C(=O)N(C)[C@@H](CC(C)C)C(=O)N(C)[C@@H](CC(C)C)C(=O)N(C)[C@@H](C(C)C)C(=O)N1C. The summed E-state index contributed by atoms with van der Waals surface area (Å²) in [5.74, 6) is -10.1. The van der Waals surface area contributed by atoms with Gasteiger partial charge in [0.15, 0.2) is 5.37 Å². The molecule has 25 nitrogen and oxygen atoms in total. The van der Waals surface area contributed by atoms with E-state index in [9.17, 15) is 34.2 Å². The number of allylic oxidation sites excluding steroid dienone is 2. The highest BCUT2D eigenvalue weighted by Crippen LogP contribution is 2.28. The maximum atomic E-state index is 15.3. The van der Waals surface area contributed by atoms with Crippen LogP contribution in [0.4, 0.5) is 0 Å². The van der Waals surface area contributed by atoms with Crippen LogP contribution in [-0.2, 0) is 52.7 Å². The molecule has 0 aromatic rings. The predicted octanol–water partition coefficient (Wildman–Crippen LogP) is 3.00. The number of likely N-dealkylation sites (N-methyl/N-ethyl adjacent to an activating group) is 7. The Bertz CT molecular complexity index is 2520. The number of aliphatic hydroxyl groups excluding tert-OH is 1. The molecule has 1 rings (SSSR count). The van der Waals surface area contributed by atoms with Crippen molar-refractivity contribution in [3.05, 3.63) is 12.2 Å². The van der Waals surface area contributed by atoms with E-state index in [4.69, 9.17) is 0 Å². The maximum Gasteiger partial charge on any atom is 0.256 e. The number of rotatable bonds is 19. The van der Waals surface area contributed by atoms with Gasteiger partial charge in [0.2, 0.25) is 59.1 Å². The second-order valence-electron chi connectivity index (χ2n) is 28.2. The number of aliphatic hydroxyl groups is 2. The first kappa shape index (κ1) is 84.2. The highest BCUT2D eigenvalue weighted by atomic mass is 32.2. The van der Waals surface area contributed by atoms with Gasteiger partial charge in [-0.25, -0.2) is 0 Å². The summed E-state index contributed by atoms with van der Waals surface area (Å²) in [6.45, 7) is 29.3. The fourth-order valence-corrected chi connectivity index (χ4v) is 12.6. The normalized spacial score (nSPS) is 26.8. The van der Waals surface area contributed by atoms with Gasteiger partial charge in [0, 0.05) is 68.1 Å². The summed E-state index contributed by atoms with van der Waals surface area (Å²) < 4.78 is 0. The van der Waals surface area contributed by atoms with Gasteiger partial charge in [-0.1, -0.05) is 95.2 Å². The van der Waals surface area contributed by atoms with Crippen molar-refractivity contribution in [3.8, 4) is 0 Å². The molecule has 0 bridgehead atoms. The topological polar surface area (TPSA) is 302 Å². The highest BCUT2D eigenvalue weighted by molar-refractivity contribution is 8.00. The van der Waals surface area contributed by atoms with E-state index < -0.39 is 160 Å². The zero-order valence-electron chi connectivity index (χ0n) is 60.6. The summed E-state index contributed by atoms with van der Waals surface area (Å²) in [6.07, 6.45) is 2.34. The van der Waals surface area contributed by atoms with Crippen molar-refractivity contribution in [1.82, 2.24) is 60.5 Å². The Morgan fingerprint density at radius 2 is 0.967 bits per heavy atom. The molecule has 528 valence electrons. The molecular formula is C66H120N12O13S. The molecule has 1 fully saturated rings. The van der Waals surface area contributed by atoms with Gasteiger partial charge in [0.1, 0.15) is 60.4 Å². The molecule has 1 aliphatic heterocycles. The summed E-state index contributed by atoms with van der Waals surface area (Å²) in [7, 11) is 13.5. The fourth-order valence-electron chi connectivity index (χ4n) is 11.2. The average Bonchev–Trinajstić information content (AvgIpc) is 0.830. The number of hydrogen-bond acceptors (Lipinski definition) is 15. The quantitative estimate of drug-likeness (QED) is 0.101. The number of thioether (sulfide) groups is 1. The standard InChI is InChI=1S/C66H120N12O13S/c1-27-29-30-42(13)53(79)52-57(83)69-45(28-2)59(85)78(26)65(92-32-31-71(18)19)64(90)75(23)49(36-66(16,17)91)56(82)70-50(40(9)10)62(88)72(20)46(33-37(3)4)55(81)67-43(14)54(80)68-44(15)58(84)73(21)47(34-38(5)6)60(86)74(22)48(35-39(7)8)61(87)76(24)51(41(11)12)63(89)77(52)25/h27,29,37-53,65,79,91H,28,30-36H2,1-26H3,(H,67,81)(H,68,80)(H,69,83)(H,70,82)/b29-27+/t42-,43+,44-,45+,46?,47+,48+,49+,50+,51+,52+,53-,65-/m1/s1. The van der Waals surface area contributed by atoms with Gasteiger partial charge in [-0.15, -0.1) is 11.8 Å². The van der Waals surface area contributed by atoms with Crippen LogP contribution in [0.1, 0.15) is 156 Å². The number of hydrogen-bond donors (Lipinski definition) is 6. The lowest BCUT2D eigenvalue weighted by molar-refractivity contribution is -0.157. The van der Waals surface area contributed by atoms with Crippen LogP contribution in [0.2, 0.25) is 0 Å². The van der Waals surface area contributed by atoms with Crippen LogP contribution in [0.15, 0.2) is 12.2 Å². The van der Waals surface area contributed by atoms with E-state index in [1.165, 1.54) is 96.6 Å². The maximum absolute atomic E-state index is 15.3. The van der Waals surface area contributed by atoms with Crippen LogP contribution in [-0.4, -0.2) is 268 Å². The summed E-state index contributed by atoms with van der Waals surface area (Å²) in [4.78, 5) is 174. The number of nitrogens with zero attached hydrogens (tertiary/aromatic N) is 8. The second-order valence-corrected chi connectivity index (χ2v) is 29.4. The summed E-state index contributed by atoms with van der Waals surface area (Å²) in [6, 6.07) is -13.1. The van der Waals surface area contributed by atoms with Crippen molar-refractivity contribution in [1.29, 1.82) is 0 Å². The Morgan fingerprint density at radius 3 is 1.42 bits per heavy atom. The first-order valence-electron chi connectivity index (χ1n) is 32.7. The minimum Gasteiger partial charge on any atom is -0.390 e. The minimum absolute atomic E-state index is 0.0323. The van der Waals surface area contributed by atoms with Gasteiger partial charge in [0.25, 0.3) is 5.91 Å². The smallest absolute Gasteiger partial charge is 0.256 e. The highest BCUT2D eigenvalue weighted by Gasteiger charge is 2.47. The molecule has 0 aliphatic carbocycles. The molecule has 0 aromatic heterocycles. The zero-order chi connectivity index (χ0) is 71.5. The van der Waals surface area contributed by atoms with Gasteiger partial charge in [-0.2, -0.15) is 0 Å². The summed E-state index contributed by atoms with van der Waals surface area (Å²) in [5, 5.41) is 33.2. The van der Waals surface area contributed by atoms with Crippen LogP contribution in [0.5, 0.6) is 0 Å². The van der Waals surface area contributed by atoms with Crippen LogP contribution in [0, 0.1) is 35.5 Å². The van der Waals surface area contributed by atoms with Crippen LogP contribution in [0.3, 0.4) is 0 Å². The Labute approximate surface area is 555 Å². The first-order chi connectivity index (χ1) is 42.3. The molecule has 0 aromatic carbocycles. The van der Waals surface area contributed by atoms with E-state index in [2.05, 4.69) is 21.3 Å². The molecule has 11 amide bonds. The van der Waals surface area contributed by atoms with Crippen molar-refractivity contribution in [3.63, 3.8) is 0 Å². The number of amides is 11. The lowest BCUT2D eigenvalue weighted by atomic mass is 9.91. The van der Waals surface area contributed by atoms with E-state index in [1.54, 1.807) is 60.6 Å². The number of carbonyl (C=O) groups excluding carboxylic acids is 11. The van der Waals surface area contributed by atoms with Crippen molar-refractivity contribution in [2.24, 2.45) is 35.5 Å². The Balaban J connectivity index is 4.55. The summed E-state index contributed by atoms with van der Waals surface area (Å²) >= 11 is 1.09. The molecule has 0 radical (unpaired) electrons. The minimum atomic E-state index is -1.66. The molecule has 1 unspecified atom stereocenters. The molecule has 0 spiro atoms. The van der Waals surface area contributed by atoms with E-state index in [-0.39, 0.29) is 56.3 Å². The first-order valence-corrected chi connectivity index (χ1v) is 33.7. The number of nitrogens with one attached hydrogen (secondary N) is 4. The third kappa shape index (κ3) is 24.2. The van der Waals surface area contributed by atoms with E-state index >= 15 is 28.8 Å². The van der Waals surface area contributed by atoms with Crippen molar-refractivity contribution in [2.75, 3.05) is 75.7 Å². The van der Waals surface area contributed by atoms with Gasteiger partial charge in [-0.05, 0) is 116 Å². The van der Waals surface area contributed by atoms with Crippen LogP contribution >= 0.6 is 11.8 Å². The fraction of sp³-hybridized carbons (Fsp3) is 0.803. The van der Waals surface area contributed by atoms with E-state index in [0.717, 1.165) is 26.5 Å². The molecule has 1 saturated heterocycles. The lowest BCUT2D eigenvalue weighted by Gasteiger charge is -2.41. The van der Waals surface area contributed by atoms with Gasteiger partial charge in [-0.3, -0.25) is 52.7 Å². The second kappa shape index (κ2) is 37.9. The summed E-state index contributed by atoms with van der Waals surface area (Å²) in [5.41, 5.74) is -1.58. The van der Waals surface area contributed by atoms with Crippen molar-refractivity contribution >= 4 is 76.7 Å². The molecule has 1 heterocycles. The third-order valence-electron chi connectivity index (χ3n) is 17.0. The van der Waals surface area contributed by atoms with Gasteiger partial charge >= 0.3 is 0 Å². The Morgan fingerprint density at radius 1 is 0.522 bits per heavy atom. The Kier molecular flexibility index (Phi) is 34.7. The van der Waals surface area contributed by atoms with Gasteiger partial charge in [0.05, 0.1) is 11.7 Å². The molecule has 0 saturated carbocycles. The molecular weight excluding hydrogens is 1200 g/mol.